The van der Waals surface area contributed by atoms with Crippen LogP contribution in [0.5, 0.6) is 0 Å². The van der Waals surface area contributed by atoms with Crippen molar-refractivity contribution in [2.75, 3.05) is 26.2 Å². The molecule has 0 atom stereocenters. The maximum atomic E-state index is 13.9. The third kappa shape index (κ3) is 2.30. The molecule has 2 aliphatic rings. The van der Waals surface area contributed by atoms with Crippen molar-refractivity contribution in [1.29, 1.82) is 0 Å². The van der Waals surface area contributed by atoms with E-state index in [1.807, 2.05) is 0 Å². The van der Waals surface area contributed by atoms with E-state index in [4.69, 9.17) is 4.74 Å². The summed E-state index contributed by atoms with van der Waals surface area (Å²) < 4.78 is 33.0. The lowest BCUT2D eigenvalue weighted by molar-refractivity contribution is -0.184. The van der Waals surface area contributed by atoms with E-state index in [0.717, 1.165) is 0 Å². The highest BCUT2D eigenvalue weighted by Gasteiger charge is 2.60. The van der Waals surface area contributed by atoms with E-state index in [0.29, 0.717) is 0 Å². The Morgan fingerprint density at radius 1 is 1.33 bits per heavy atom. The Morgan fingerprint density at radius 3 is 2.39 bits per heavy atom. The van der Waals surface area contributed by atoms with Crippen LogP contribution in [0.1, 0.15) is 27.2 Å². The number of nitrogens with one attached hydrogen (secondary N) is 1. The van der Waals surface area contributed by atoms with Crippen molar-refractivity contribution >= 4 is 6.09 Å². The Balaban J connectivity index is 2.03. The van der Waals surface area contributed by atoms with Gasteiger partial charge in [0.15, 0.2) is 0 Å². The quantitative estimate of drug-likeness (QED) is 0.724. The molecular formula is C12H20F2N2O2. The highest BCUT2D eigenvalue weighted by atomic mass is 19.3. The van der Waals surface area contributed by atoms with Crippen LogP contribution in [0.25, 0.3) is 0 Å². The molecule has 2 saturated heterocycles. The number of halogens is 2. The molecule has 0 unspecified atom stereocenters. The van der Waals surface area contributed by atoms with E-state index in [2.05, 4.69) is 5.32 Å². The minimum Gasteiger partial charge on any atom is -0.444 e. The van der Waals surface area contributed by atoms with Crippen LogP contribution in [0.15, 0.2) is 0 Å². The molecule has 6 heteroatoms. The topological polar surface area (TPSA) is 41.6 Å². The summed E-state index contributed by atoms with van der Waals surface area (Å²) in [5.41, 5.74) is -1.69. The van der Waals surface area contributed by atoms with Gasteiger partial charge in [-0.2, -0.15) is 0 Å². The predicted molar refractivity (Wildman–Crippen MR) is 62.7 cm³/mol. The molecule has 104 valence electrons. The molecule has 1 N–H and O–H groups in total. The Bertz CT molecular complexity index is 348. The summed E-state index contributed by atoms with van der Waals surface area (Å²) in [4.78, 5) is 13.3. The number of rotatable bonds is 0. The van der Waals surface area contributed by atoms with Gasteiger partial charge in [0.2, 0.25) is 0 Å². The number of ether oxygens (including phenoxy) is 1. The fourth-order valence-electron chi connectivity index (χ4n) is 2.38. The first-order valence-corrected chi connectivity index (χ1v) is 6.22. The minimum absolute atomic E-state index is 0.0592. The molecule has 0 aromatic heterocycles. The first kappa shape index (κ1) is 13.5. The van der Waals surface area contributed by atoms with Gasteiger partial charge in [-0.25, -0.2) is 13.6 Å². The van der Waals surface area contributed by atoms with Crippen molar-refractivity contribution < 1.29 is 18.3 Å². The molecule has 2 heterocycles. The van der Waals surface area contributed by atoms with Crippen molar-refractivity contribution in [3.05, 3.63) is 0 Å². The molecule has 0 bridgehead atoms. The molecule has 1 spiro atoms. The highest BCUT2D eigenvalue weighted by Crippen LogP contribution is 2.46. The second-order valence-corrected chi connectivity index (χ2v) is 6.24. The lowest BCUT2D eigenvalue weighted by atomic mass is 9.72. The summed E-state index contributed by atoms with van der Waals surface area (Å²) in [5.74, 6) is -2.70. The van der Waals surface area contributed by atoms with Crippen LogP contribution in [0.2, 0.25) is 0 Å². The Kier molecular flexibility index (Phi) is 3.04. The third-order valence-corrected chi connectivity index (χ3v) is 3.54. The van der Waals surface area contributed by atoms with Crippen LogP contribution in [0.3, 0.4) is 0 Å². The lowest BCUT2D eigenvalue weighted by Crippen LogP contribution is -2.70. The molecule has 1 amide bonds. The SMILES string of the molecule is CC(C)(C)OC(=O)N1CCC(F)(F)C2(CNC2)C1. The second kappa shape index (κ2) is 4.05. The zero-order valence-electron chi connectivity index (χ0n) is 11.1. The maximum Gasteiger partial charge on any atom is 0.410 e. The van der Waals surface area contributed by atoms with Crippen LogP contribution in [-0.2, 0) is 4.74 Å². The van der Waals surface area contributed by atoms with E-state index >= 15 is 0 Å². The first-order valence-electron chi connectivity index (χ1n) is 6.22. The van der Waals surface area contributed by atoms with Gasteiger partial charge in [-0.15, -0.1) is 0 Å². The number of hydrogen-bond acceptors (Lipinski definition) is 3. The summed E-state index contributed by atoms with van der Waals surface area (Å²) in [5, 5.41) is 2.88. The monoisotopic (exact) mass is 262 g/mol. The van der Waals surface area contributed by atoms with Gasteiger partial charge in [0.1, 0.15) is 5.60 Å². The van der Waals surface area contributed by atoms with Crippen LogP contribution in [0, 0.1) is 5.41 Å². The molecule has 2 fully saturated rings. The maximum absolute atomic E-state index is 13.9. The average molecular weight is 262 g/mol. The van der Waals surface area contributed by atoms with Crippen LogP contribution < -0.4 is 5.32 Å². The van der Waals surface area contributed by atoms with Gasteiger partial charge in [-0.3, -0.25) is 0 Å². The van der Waals surface area contributed by atoms with Crippen molar-refractivity contribution in [3.63, 3.8) is 0 Å². The first-order chi connectivity index (χ1) is 8.15. The summed E-state index contributed by atoms with van der Waals surface area (Å²) in [6.07, 6.45) is -0.780. The molecular weight excluding hydrogens is 242 g/mol. The molecule has 18 heavy (non-hydrogen) atoms. The summed E-state index contributed by atoms with van der Waals surface area (Å²) in [7, 11) is 0. The lowest BCUT2D eigenvalue weighted by Gasteiger charge is -2.53. The number of carbonyl (C=O) groups is 1. The Hall–Kier alpha value is -0.910. The number of carbonyl (C=O) groups excluding carboxylic acids is 1. The van der Waals surface area contributed by atoms with Gasteiger partial charge in [0.05, 0.1) is 5.41 Å². The largest absolute Gasteiger partial charge is 0.444 e. The fourth-order valence-corrected chi connectivity index (χ4v) is 2.38. The minimum atomic E-state index is -2.70. The smallest absolute Gasteiger partial charge is 0.410 e. The van der Waals surface area contributed by atoms with Gasteiger partial charge >= 0.3 is 6.09 Å². The number of alkyl halides is 2. The van der Waals surface area contributed by atoms with Crippen LogP contribution in [0.4, 0.5) is 13.6 Å². The van der Waals surface area contributed by atoms with Gasteiger partial charge in [-0.1, -0.05) is 0 Å². The zero-order valence-corrected chi connectivity index (χ0v) is 11.1. The van der Waals surface area contributed by atoms with Crippen molar-refractivity contribution in [1.82, 2.24) is 10.2 Å². The van der Waals surface area contributed by atoms with Gasteiger partial charge in [0, 0.05) is 32.6 Å². The molecule has 4 nitrogen and oxygen atoms in total. The summed E-state index contributed by atoms with van der Waals surface area (Å²) >= 11 is 0. The normalized spacial score (nSPS) is 25.7. The number of hydrogen-bond donors (Lipinski definition) is 1. The predicted octanol–water partition coefficient (Wildman–Crippen LogP) is 1.85. The van der Waals surface area contributed by atoms with E-state index in [9.17, 15) is 13.6 Å². The van der Waals surface area contributed by atoms with Crippen molar-refractivity contribution in [2.24, 2.45) is 5.41 Å². The number of likely N-dealkylation sites (tertiary alicyclic amines) is 1. The number of nitrogens with zero attached hydrogens (tertiary/aromatic N) is 1. The van der Waals surface area contributed by atoms with Crippen molar-refractivity contribution in [2.45, 2.75) is 38.7 Å². The van der Waals surface area contributed by atoms with E-state index in [1.54, 1.807) is 20.8 Å². The molecule has 2 aliphatic heterocycles. The standard InChI is InChI=1S/C12H20F2N2O2/c1-10(2,3)18-9(17)16-5-4-12(13,14)11(8-16)6-15-7-11/h15H,4-8H2,1-3H3. The molecule has 0 aliphatic carbocycles. The van der Waals surface area contributed by atoms with E-state index in [-0.39, 0.29) is 32.6 Å². The molecule has 0 saturated carbocycles. The Labute approximate surface area is 106 Å². The summed E-state index contributed by atoms with van der Waals surface area (Å²) in [6, 6.07) is 0. The highest BCUT2D eigenvalue weighted by molar-refractivity contribution is 5.68. The molecule has 0 aromatic carbocycles. The summed E-state index contributed by atoms with van der Waals surface area (Å²) in [6.45, 7) is 5.96. The second-order valence-electron chi connectivity index (χ2n) is 6.24. The number of piperidine rings is 1. The zero-order chi connectivity index (χ0) is 13.6. The Morgan fingerprint density at radius 2 is 1.94 bits per heavy atom. The van der Waals surface area contributed by atoms with Gasteiger partial charge < -0.3 is 15.0 Å². The average Bonchev–Trinajstić information content (AvgIpc) is 2.11. The molecule has 0 aromatic rings. The fraction of sp³-hybridized carbons (Fsp3) is 0.917. The van der Waals surface area contributed by atoms with Crippen LogP contribution >= 0.6 is 0 Å². The number of amides is 1. The van der Waals surface area contributed by atoms with E-state index < -0.39 is 23.0 Å². The van der Waals surface area contributed by atoms with E-state index in [1.165, 1.54) is 4.90 Å². The van der Waals surface area contributed by atoms with Crippen molar-refractivity contribution in [3.8, 4) is 0 Å². The third-order valence-electron chi connectivity index (χ3n) is 3.54. The van der Waals surface area contributed by atoms with Crippen LogP contribution in [-0.4, -0.2) is 48.7 Å². The van der Waals surface area contributed by atoms with Gasteiger partial charge in [-0.05, 0) is 20.8 Å². The molecule has 0 radical (unpaired) electrons. The molecule has 2 rings (SSSR count). The van der Waals surface area contributed by atoms with Gasteiger partial charge in [0.25, 0.3) is 5.92 Å².